The second-order valence-corrected chi connectivity index (χ2v) is 8.80. The van der Waals surface area contributed by atoms with Gasteiger partial charge in [-0.1, -0.05) is 18.2 Å². The number of pyridine rings is 1. The molecule has 2 aromatic heterocycles. The van der Waals surface area contributed by atoms with Crippen molar-refractivity contribution in [3.63, 3.8) is 0 Å². The highest BCUT2D eigenvalue weighted by molar-refractivity contribution is 5.81. The maximum absolute atomic E-state index is 13.7. The van der Waals surface area contributed by atoms with E-state index in [-0.39, 0.29) is 53.7 Å². The average Bonchev–Trinajstić information content (AvgIpc) is 3.28. The van der Waals surface area contributed by atoms with Crippen LogP contribution in [0.4, 0.5) is 37.1 Å². The SMILES string of the molecule is O=C(O)N1CC2CCC(C1)C2Nc1nc2c(-c3ccccc3C(F)(F)F)ccc(C(F)(F)F)n2n1. The number of fused-ring (bicyclic) bond motifs is 3. The third-order valence-corrected chi connectivity index (χ3v) is 6.70. The molecule has 1 saturated carbocycles. The van der Waals surface area contributed by atoms with E-state index in [9.17, 15) is 36.2 Å². The quantitative estimate of drug-likeness (QED) is 0.482. The monoisotopic (exact) mass is 499 g/mol. The normalized spacial score (nSPS) is 22.6. The predicted octanol–water partition coefficient (Wildman–Crippen LogP) is 5.23. The van der Waals surface area contributed by atoms with Crippen molar-refractivity contribution in [3.05, 3.63) is 47.7 Å². The van der Waals surface area contributed by atoms with Crippen LogP contribution in [-0.2, 0) is 12.4 Å². The molecule has 3 heterocycles. The van der Waals surface area contributed by atoms with Gasteiger partial charge in [-0.25, -0.2) is 9.31 Å². The Balaban J connectivity index is 1.58. The number of carboxylic acid groups (broad SMARTS) is 1. The van der Waals surface area contributed by atoms with Crippen molar-refractivity contribution >= 4 is 17.7 Å². The average molecular weight is 499 g/mol. The fraction of sp³-hybridized carbons (Fsp3) is 0.409. The third-order valence-electron chi connectivity index (χ3n) is 6.70. The molecule has 1 amide bonds. The molecule has 0 radical (unpaired) electrons. The van der Waals surface area contributed by atoms with Crippen LogP contribution in [0.2, 0.25) is 0 Å². The van der Waals surface area contributed by atoms with Gasteiger partial charge in [0.1, 0.15) is 5.69 Å². The zero-order valence-corrected chi connectivity index (χ0v) is 17.9. The lowest BCUT2D eigenvalue weighted by Crippen LogP contribution is -2.49. The van der Waals surface area contributed by atoms with Crippen molar-refractivity contribution in [1.82, 2.24) is 19.5 Å². The maximum Gasteiger partial charge on any atom is 0.433 e. The fourth-order valence-electron chi connectivity index (χ4n) is 5.18. The number of aromatic nitrogens is 3. The van der Waals surface area contributed by atoms with Crippen molar-refractivity contribution < 1.29 is 36.2 Å². The van der Waals surface area contributed by atoms with E-state index >= 15 is 0 Å². The summed E-state index contributed by atoms with van der Waals surface area (Å²) in [6, 6.07) is 5.98. The molecule has 2 bridgehead atoms. The van der Waals surface area contributed by atoms with Gasteiger partial charge in [0.05, 0.1) is 5.56 Å². The minimum Gasteiger partial charge on any atom is -0.465 e. The summed E-state index contributed by atoms with van der Waals surface area (Å²) in [5.41, 5.74) is -3.00. The van der Waals surface area contributed by atoms with Crippen LogP contribution >= 0.6 is 0 Å². The van der Waals surface area contributed by atoms with Gasteiger partial charge in [0, 0.05) is 24.7 Å². The van der Waals surface area contributed by atoms with Crippen LogP contribution in [0.1, 0.15) is 24.1 Å². The first-order chi connectivity index (χ1) is 16.4. The molecule has 1 saturated heterocycles. The molecule has 3 aromatic rings. The molecule has 2 fully saturated rings. The Hall–Kier alpha value is -3.51. The zero-order valence-electron chi connectivity index (χ0n) is 17.9. The molecular weight excluding hydrogens is 480 g/mol. The number of anilines is 1. The number of halogens is 6. The molecule has 1 aromatic carbocycles. The first-order valence-corrected chi connectivity index (χ1v) is 10.8. The molecule has 2 unspecified atom stereocenters. The fourth-order valence-corrected chi connectivity index (χ4v) is 5.18. The topological polar surface area (TPSA) is 82.8 Å². The Morgan fingerprint density at radius 2 is 1.60 bits per heavy atom. The van der Waals surface area contributed by atoms with Crippen LogP contribution in [-0.4, -0.2) is 49.8 Å². The van der Waals surface area contributed by atoms with Crippen molar-refractivity contribution in [2.24, 2.45) is 11.8 Å². The van der Waals surface area contributed by atoms with Crippen LogP contribution in [0.5, 0.6) is 0 Å². The molecule has 186 valence electrons. The van der Waals surface area contributed by atoms with Crippen molar-refractivity contribution in [3.8, 4) is 11.1 Å². The summed E-state index contributed by atoms with van der Waals surface area (Å²) in [5, 5.41) is 16.3. The Bertz CT molecular complexity index is 1270. The largest absolute Gasteiger partial charge is 0.465 e. The van der Waals surface area contributed by atoms with Crippen LogP contribution in [0.3, 0.4) is 0 Å². The van der Waals surface area contributed by atoms with Gasteiger partial charge in [-0.15, -0.1) is 5.10 Å². The molecule has 2 atom stereocenters. The maximum atomic E-state index is 13.7. The Labute approximate surface area is 194 Å². The number of nitrogens with zero attached hydrogens (tertiary/aromatic N) is 4. The molecule has 2 aliphatic rings. The molecule has 7 nitrogen and oxygen atoms in total. The van der Waals surface area contributed by atoms with E-state index in [1.807, 2.05) is 0 Å². The number of amides is 1. The summed E-state index contributed by atoms with van der Waals surface area (Å²) < 4.78 is 82.4. The molecule has 13 heteroatoms. The second kappa shape index (κ2) is 8.02. The molecule has 1 aliphatic carbocycles. The number of piperidine rings is 1. The van der Waals surface area contributed by atoms with Gasteiger partial charge in [-0.2, -0.15) is 31.3 Å². The summed E-state index contributed by atoms with van der Waals surface area (Å²) >= 11 is 0. The first kappa shape index (κ1) is 23.2. The highest BCUT2D eigenvalue weighted by Crippen LogP contribution is 2.41. The van der Waals surface area contributed by atoms with E-state index in [1.165, 1.54) is 23.1 Å². The van der Waals surface area contributed by atoms with E-state index in [1.54, 1.807) is 0 Å². The number of hydrogen-bond acceptors (Lipinski definition) is 4. The van der Waals surface area contributed by atoms with Gasteiger partial charge in [-0.05, 0) is 48.4 Å². The van der Waals surface area contributed by atoms with Crippen LogP contribution in [0.25, 0.3) is 16.8 Å². The number of benzene rings is 1. The van der Waals surface area contributed by atoms with E-state index in [0.29, 0.717) is 10.6 Å². The Morgan fingerprint density at radius 3 is 2.20 bits per heavy atom. The standard InChI is InChI=1S/C22H19F6N5O2/c23-21(24,25)15-4-2-1-3-13(15)14-7-8-16(22(26,27)28)33-18(14)30-19(31-33)29-17-11-5-6-12(17)10-32(9-11)20(34)35/h1-4,7-8,11-12,17H,5-6,9-10H2,(H,29,31)(H,34,35). The molecule has 35 heavy (non-hydrogen) atoms. The highest BCUT2D eigenvalue weighted by Gasteiger charge is 2.44. The number of likely N-dealkylation sites (tertiary alicyclic amines) is 1. The number of alkyl halides is 6. The number of rotatable bonds is 3. The van der Waals surface area contributed by atoms with Gasteiger partial charge in [0.25, 0.3) is 0 Å². The molecule has 2 N–H and O–H groups in total. The molecule has 0 spiro atoms. The third kappa shape index (κ3) is 4.12. The lowest BCUT2D eigenvalue weighted by Gasteiger charge is -2.36. The van der Waals surface area contributed by atoms with Crippen LogP contribution in [0, 0.1) is 11.8 Å². The Morgan fingerprint density at radius 1 is 0.943 bits per heavy atom. The summed E-state index contributed by atoms with van der Waals surface area (Å²) in [4.78, 5) is 16.8. The van der Waals surface area contributed by atoms with Gasteiger partial charge >= 0.3 is 18.4 Å². The van der Waals surface area contributed by atoms with Crippen LogP contribution in [0.15, 0.2) is 36.4 Å². The van der Waals surface area contributed by atoms with Crippen molar-refractivity contribution in [2.45, 2.75) is 31.2 Å². The van der Waals surface area contributed by atoms with E-state index < -0.39 is 29.7 Å². The summed E-state index contributed by atoms with van der Waals surface area (Å²) in [7, 11) is 0. The van der Waals surface area contributed by atoms with Crippen molar-refractivity contribution in [2.75, 3.05) is 18.4 Å². The number of nitrogens with one attached hydrogen (secondary N) is 1. The highest BCUT2D eigenvalue weighted by atomic mass is 19.4. The van der Waals surface area contributed by atoms with Gasteiger partial charge < -0.3 is 15.3 Å². The number of hydrogen-bond donors (Lipinski definition) is 2. The summed E-state index contributed by atoms with van der Waals surface area (Å²) in [6.07, 6.45) is -9.12. The minimum absolute atomic E-state index is 0.0797. The van der Waals surface area contributed by atoms with Crippen LogP contribution < -0.4 is 5.32 Å². The lowest BCUT2D eigenvalue weighted by molar-refractivity contribution is -0.142. The molecular formula is C22H19F6N5O2. The van der Waals surface area contributed by atoms with Gasteiger partial charge in [-0.3, -0.25) is 0 Å². The van der Waals surface area contributed by atoms with E-state index in [2.05, 4.69) is 15.4 Å². The van der Waals surface area contributed by atoms with E-state index in [4.69, 9.17) is 0 Å². The van der Waals surface area contributed by atoms with Crippen molar-refractivity contribution in [1.29, 1.82) is 0 Å². The zero-order chi connectivity index (χ0) is 25.1. The summed E-state index contributed by atoms with van der Waals surface area (Å²) in [5.74, 6) is -0.314. The second-order valence-electron chi connectivity index (χ2n) is 8.80. The Kier molecular flexibility index (Phi) is 5.33. The molecule has 1 aliphatic heterocycles. The predicted molar refractivity (Wildman–Crippen MR) is 112 cm³/mol. The number of carbonyl (C=O) groups is 1. The smallest absolute Gasteiger partial charge is 0.433 e. The minimum atomic E-state index is -4.82. The molecule has 5 rings (SSSR count). The van der Waals surface area contributed by atoms with Gasteiger partial charge in [0.2, 0.25) is 5.95 Å². The summed E-state index contributed by atoms with van der Waals surface area (Å²) in [6.45, 7) is 0.545. The first-order valence-electron chi connectivity index (χ1n) is 10.8. The van der Waals surface area contributed by atoms with E-state index in [0.717, 1.165) is 25.0 Å². The lowest BCUT2D eigenvalue weighted by atomic mass is 9.92. The van der Waals surface area contributed by atoms with Gasteiger partial charge in [0.15, 0.2) is 5.65 Å².